The second kappa shape index (κ2) is 38.5. The van der Waals surface area contributed by atoms with Crippen molar-refractivity contribution in [3.8, 4) is 17.2 Å². The van der Waals surface area contributed by atoms with E-state index in [2.05, 4.69) is 54.8 Å². The lowest BCUT2D eigenvalue weighted by molar-refractivity contribution is -0.278. The number of carbonyl (C=O) groups is 8. The number of hydrogen-bond donors (Lipinski definition) is 19. The molecule has 6 heterocycles. The van der Waals surface area contributed by atoms with E-state index in [4.69, 9.17) is 47.9 Å². The fraction of sp³-hybridized carbons (Fsp3) is 0.825. The number of nitrogens with one attached hydrogen (secondary N) is 9. The van der Waals surface area contributed by atoms with Gasteiger partial charge in [-0.15, -0.1) is 23.2 Å². The molecule has 1 aromatic rings. The van der Waals surface area contributed by atoms with Gasteiger partial charge in [0.05, 0.1) is 60.3 Å². The second-order valence-corrected chi connectivity index (χ2v) is 36.5. The number of primary amides is 1. The Balaban J connectivity index is 0.976. The Morgan fingerprint density at radius 3 is 1.81 bits per heavy atom. The molecule has 20 N–H and O–H groups in total. The number of likely N-dealkylation sites (N-methyl/N-ethyl adjacent to an activating group) is 1. The van der Waals surface area contributed by atoms with E-state index < -0.39 is 234 Å². The van der Waals surface area contributed by atoms with Crippen molar-refractivity contribution < 1.29 is 103 Å². The molecule has 8 aliphatic carbocycles. The first-order valence-electron chi connectivity index (χ1n) is 42.0. The number of nitrogens with two attached hydrogens (primary N) is 1. The summed E-state index contributed by atoms with van der Waals surface area (Å²) >= 11 is 14.8. The van der Waals surface area contributed by atoms with Crippen LogP contribution in [0.5, 0.6) is 17.2 Å². The van der Waals surface area contributed by atoms with Crippen LogP contribution in [0.2, 0.25) is 0 Å². The van der Waals surface area contributed by atoms with Crippen LogP contribution in [0.15, 0.2) is 12.1 Å². The number of aliphatic hydroxyl groups is 9. The zero-order valence-electron chi connectivity index (χ0n) is 65.3. The van der Waals surface area contributed by atoms with Gasteiger partial charge >= 0.3 is 0 Å². The predicted molar refractivity (Wildman–Crippen MR) is 411 cm³/mol. The highest BCUT2D eigenvalue weighted by atomic mass is 35.5. The van der Waals surface area contributed by atoms with Crippen molar-refractivity contribution in [3.63, 3.8) is 0 Å². The molecule has 5 unspecified atom stereocenters. The number of ether oxygens (including phenoxy) is 4. The molecule has 634 valence electrons. The van der Waals surface area contributed by atoms with Crippen LogP contribution >= 0.6 is 23.2 Å². The monoisotopic (exact) mass is 1630 g/mol. The van der Waals surface area contributed by atoms with E-state index in [1.54, 1.807) is 7.05 Å². The van der Waals surface area contributed by atoms with Crippen molar-refractivity contribution in [1.82, 2.24) is 47.9 Å². The van der Waals surface area contributed by atoms with Gasteiger partial charge in [0.15, 0.2) is 11.5 Å². The summed E-state index contributed by atoms with van der Waals surface area (Å²) in [5.74, 6) is -14.7. The van der Waals surface area contributed by atoms with E-state index in [1.165, 1.54) is 25.0 Å². The molecular formula is C80H124Cl2N10O21. The van der Waals surface area contributed by atoms with Crippen molar-refractivity contribution in [2.45, 2.75) is 314 Å². The van der Waals surface area contributed by atoms with Crippen molar-refractivity contribution in [1.29, 1.82) is 0 Å². The molecular weight excluding hydrogens is 1510 g/mol. The number of halogens is 2. The van der Waals surface area contributed by atoms with Gasteiger partial charge in [-0.2, -0.15) is 0 Å². The zero-order chi connectivity index (χ0) is 81.0. The average Bonchev–Trinajstić information content (AvgIpc) is 0.753. The zero-order valence-corrected chi connectivity index (χ0v) is 66.9. The normalized spacial score (nSPS) is 40.9. The van der Waals surface area contributed by atoms with Crippen LogP contribution in [0.1, 0.15) is 193 Å². The summed E-state index contributed by atoms with van der Waals surface area (Å²) in [5.41, 5.74) is 5.63. The molecule has 10 fully saturated rings. The quantitative estimate of drug-likeness (QED) is 0.0522. The minimum Gasteiger partial charge on any atom is -0.485 e. The number of unbranched alkanes of at least 4 members (excludes halogenated alkanes) is 7. The fourth-order valence-electron chi connectivity index (χ4n) is 21.3. The smallest absolute Gasteiger partial charge is 0.247 e. The Bertz CT molecular complexity index is 3450. The number of hydrogen-bond acceptors (Lipinski definition) is 23. The lowest BCUT2D eigenvalue weighted by Crippen LogP contribution is -2.68. The lowest BCUT2D eigenvalue weighted by Gasteiger charge is -2.55. The van der Waals surface area contributed by atoms with Crippen molar-refractivity contribution in [2.75, 3.05) is 26.7 Å². The first-order chi connectivity index (χ1) is 54.0. The van der Waals surface area contributed by atoms with Crippen LogP contribution in [0, 0.1) is 71.0 Å². The Morgan fingerprint density at radius 1 is 0.602 bits per heavy atom. The summed E-state index contributed by atoms with van der Waals surface area (Å²) in [6.45, 7) is 5.78. The van der Waals surface area contributed by atoms with Gasteiger partial charge in [-0.05, 0) is 206 Å². The SMILES string of the molecule is CCCCCCCCCCNCC1C(O)C2C3C[C@H](CC[C@H]3O)[C@H]3NC(=O)[C@@H]4NC(=O)[C@H](CC(N)=O)NC(=O)[C@H](NC(=O)[C@@H](CC(C)C)NC)[C@H](O)[C@H]5CC[C@@H](Oc6cc4cc(c6O[C@@H]4O[C@H](CO)[C@@H](O)[C@H](O)[C@H]4O)O[C@@H]4CC[C@@H](C[C@@H]4Cl)[C@@H](O)[C@H](NC3=O)C(=O)N[C@H](C(=O)NC3C4CC6CC(C4)CC3C6)C2C[C@@H]1O)[C@H](Cl)C5. The average molecular weight is 1630 g/mol. The standard InChI is InChI=1S/C80H124Cl2N10O21/c1-5-6-7-8-9-10-11-12-19-85-33-46-52(95)31-45-59(68(46)99)44-26-38(13-16-51(44)94)61-75(105)92-65(79(109)90-63(45)77(107)87-60-41-22-36-21-37(24-41)25-42(60)23-36)67(98)40-15-18-54(48(82)28-40)111-56-30-43-29-55(72(56)113-80-71(102)70(101)69(100)57(34-93)112-80)110-53-17-14-39(27-47(53)81)66(97)64(91-73(103)49(84-4)20-35(2)3)78(108)86-50(32-58(83)96)74(104)88-62(43)76(106)89-61/h29-30,35-42,44-54,57,59-71,80,84-85,93-95,97-102H,5-28,31-34H2,1-4H3,(H2,83,96)(H,86,108)(H,87,107)(H,88,104)(H,89,106)(H,90,109)(H,91,103)(H,92,105)/t36?,37?,38-,39-,40-,41?,42?,44?,45?,46?,47+,48-,49+,50-,51+,52-,53+,54+,57+,59?,60?,61+,62+,63-,64+,65-,66+,67+,68?,69+,70-,71+,80-/m0/s1. The maximum absolute atomic E-state index is 16.5. The lowest BCUT2D eigenvalue weighted by atomic mass is 9.54. The van der Waals surface area contributed by atoms with Crippen LogP contribution in [0.3, 0.4) is 0 Å². The van der Waals surface area contributed by atoms with Crippen LogP contribution in [0.25, 0.3) is 0 Å². The van der Waals surface area contributed by atoms with Crippen molar-refractivity contribution >= 4 is 70.5 Å². The van der Waals surface area contributed by atoms with Gasteiger partial charge < -0.3 is 118 Å². The van der Waals surface area contributed by atoms with Gasteiger partial charge in [0.1, 0.15) is 72.9 Å². The number of carbonyl (C=O) groups excluding carboxylic acids is 8. The Kier molecular flexibility index (Phi) is 29.6. The molecule has 33 heteroatoms. The molecule has 6 aliphatic heterocycles. The van der Waals surface area contributed by atoms with Gasteiger partial charge in [0, 0.05) is 18.5 Å². The third-order valence-electron chi connectivity index (χ3n) is 27.2. The van der Waals surface area contributed by atoms with E-state index in [0.29, 0.717) is 18.4 Å². The van der Waals surface area contributed by atoms with E-state index in [9.17, 15) is 55.5 Å². The van der Waals surface area contributed by atoms with E-state index in [-0.39, 0.29) is 118 Å². The molecule has 14 aliphatic rings. The fourth-order valence-corrected chi connectivity index (χ4v) is 22.1. The molecule has 2 saturated heterocycles. The summed E-state index contributed by atoms with van der Waals surface area (Å²) in [6.07, 6.45) is -6.67. The molecule has 28 atom stereocenters. The van der Waals surface area contributed by atoms with Crippen LogP contribution in [-0.4, -0.2) is 246 Å². The summed E-state index contributed by atoms with van der Waals surface area (Å²) in [5, 5.41) is 133. The minimum absolute atomic E-state index is 0.00444. The first-order valence-corrected chi connectivity index (χ1v) is 42.9. The molecule has 0 aromatic heterocycles. The minimum atomic E-state index is -2.12. The van der Waals surface area contributed by atoms with E-state index >= 15 is 28.8 Å². The number of rotatable bonds is 23. The maximum atomic E-state index is 16.5. The first kappa shape index (κ1) is 86.8. The maximum Gasteiger partial charge on any atom is 0.247 e. The molecule has 8 amide bonds. The molecule has 15 rings (SSSR count). The number of amides is 8. The Morgan fingerprint density at radius 2 is 1.20 bits per heavy atom. The third kappa shape index (κ3) is 19.9. The highest BCUT2D eigenvalue weighted by Crippen LogP contribution is 2.55. The van der Waals surface area contributed by atoms with Gasteiger partial charge in [-0.1, -0.05) is 65.7 Å². The molecule has 15 bridgehead atoms. The topological polar surface area (TPSA) is 490 Å². The number of fused-ring (bicyclic) bond motifs is 15. The summed E-state index contributed by atoms with van der Waals surface area (Å²) in [6, 6.07) is -9.83. The molecule has 0 radical (unpaired) electrons. The van der Waals surface area contributed by atoms with Crippen LogP contribution in [-0.2, 0) is 43.1 Å². The molecule has 8 saturated carbocycles. The number of benzene rings is 1. The number of aliphatic hydroxyl groups excluding tert-OH is 9. The van der Waals surface area contributed by atoms with E-state index in [1.807, 2.05) is 13.8 Å². The Labute approximate surface area is 670 Å². The van der Waals surface area contributed by atoms with Gasteiger partial charge in [0.2, 0.25) is 59.3 Å². The summed E-state index contributed by atoms with van der Waals surface area (Å²) in [7, 11) is 1.54. The van der Waals surface area contributed by atoms with Crippen LogP contribution < -0.4 is 67.8 Å². The molecule has 0 spiro atoms. The van der Waals surface area contributed by atoms with Gasteiger partial charge in [-0.3, -0.25) is 38.4 Å². The van der Waals surface area contributed by atoms with Gasteiger partial charge in [0.25, 0.3) is 0 Å². The van der Waals surface area contributed by atoms with Crippen molar-refractivity contribution in [2.24, 2.45) is 76.7 Å². The largest absolute Gasteiger partial charge is 0.485 e. The highest BCUT2D eigenvalue weighted by Gasteiger charge is 2.58. The predicted octanol–water partition coefficient (Wildman–Crippen LogP) is 0.451. The highest BCUT2D eigenvalue weighted by molar-refractivity contribution is 6.21. The summed E-state index contributed by atoms with van der Waals surface area (Å²) in [4.78, 5) is 123. The summed E-state index contributed by atoms with van der Waals surface area (Å²) < 4.78 is 26.3. The third-order valence-corrected chi connectivity index (χ3v) is 28.1. The van der Waals surface area contributed by atoms with Gasteiger partial charge in [-0.25, -0.2) is 0 Å². The molecule has 113 heavy (non-hydrogen) atoms. The van der Waals surface area contributed by atoms with Crippen molar-refractivity contribution in [3.05, 3.63) is 17.7 Å². The number of alkyl halides is 2. The molecule has 1 aromatic carbocycles. The second-order valence-electron chi connectivity index (χ2n) is 35.4. The molecule has 31 nitrogen and oxygen atoms in total. The Hall–Kier alpha value is -5.52. The van der Waals surface area contributed by atoms with Crippen LogP contribution in [0.4, 0.5) is 0 Å². The van der Waals surface area contributed by atoms with E-state index in [0.717, 1.165) is 70.6 Å².